The Hall–Kier alpha value is -0.530. The highest BCUT2D eigenvalue weighted by Gasteiger charge is 2.17. The number of rotatable bonds is 0. The molecule has 2 N–H and O–H groups in total. The van der Waals surface area contributed by atoms with Crippen LogP contribution in [0.3, 0.4) is 0 Å². The first-order valence-corrected chi connectivity index (χ1v) is 4.69. The van der Waals surface area contributed by atoms with Crippen molar-refractivity contribution in [3.8, 4) is 0 Å². The number of hydrogen-bond donors (Lipinski definition) is 1. The van der Waals surface area contributed by atoms with Crippen molar-refractivity contribution in [3.05, 3.63) is 34.3 Å². The van der Waals surface area contributed by atoms with Gasteiger partial charge in [0.15, 0.2) is 0 Å². The zero-order valence-corrected chi connectivity index (χ0v) is 7.64. The minimum absolute atomic E-state index is 0.201. The molecule has 0 radical (unpaired) electrons. The topological polar surface area (TPSA) is 26.0 Å². The molecule has 1 aliphatic carbocycles. The van der Waals surface area contributed by atoms with E-state index in [1.165, 1.54) is 11.1 Å². The summed E-state index contributed by atoms with van der Waals surface area (Å²) in [5.41, 5.74) is 8.46. The second-order valence-corrected chi connectivity index (χ2v) is 3.71. The fourth-order valence-electron chi connectivity index (χ4n) is 1.84. The third kappa shape index (κ3) is 1.23. The largest absolute Gasteiger partial charge is 0.324 e. The van der Waals surface area contributed by atoms with E-state index in [0.29, 0.717) is 0 Å². The Kier molecular flexibility index (Phi) is 2.07. The number of hydrogen-bond acceptors (Lipinski definition) is 1. The average molecular weight is 182 g/mol. The quantitative estimate of drug-likeness (QED) is 0.655. The zero-order chi connectivity index (χ0) is 8.55. The van der Waals surface area contributed by atoms with Crippen molar-refractivity contribution in [2.75, 3.05) is 0 Å². The Balaban J connectivity index is 2.52. The summed E-state index contributed by atoms with van der Waals surface area (Å²) in [5, 5.41) is 0.877. The normalized spacial score (nSPS) is 22.0. The Morgan fingerprint density at radius 1 is 1.42 bits per heavy atom. The molecular weight excluding hydrogens is 170 g/mol. The molecule has 1 atom stereocenters. The van der Waals surface area contributed by atoms with Gasteiger partial charge in [-0.15, -0.1) is 0 Å². The first-order chi connectivity index (χ1) is 5.79. The lowest BCUT2D eigenvalue weighted by molar-refractivity contribution is 0.570. The predicted octanol–water partition coefficient (Wildman–Crippen LogP) is 2.68. The molecule has 12 heavy (non-hydrogen) atoms. The molecule has 64 valence electrons. The van der Waals surface area contributed by atoms with Crippen LogP contribution >= 0.6 is 11.6 Å². The summed E-state index contributed by atoms with van der Waals surface area (Å²) < 4.78 is 0. The summed E-state index contributed by atoms with van der Waals surface area (Å²) in [6.07, 6.45) is 3.34. The summed E-state index contributed by atoms with van der Waals surface area (Å²) in [7, 11) is 0. The van der Waals surface area contributed by atoms with E-state index >= 15 is 0 Å². The van der Waals surface area contributed by atoms with Crippen molar-refractivity contribution in [3.63, 3.8) is 0 Å². The van der Waals surface area contributed by atoms with Crippen LogP contribution < -0.4 is 5.73 Å². The van der Waals surface area contributed by atoms with E-state index in [9.17, 15) is 0 Å². The summed E-state index contributed by atoms with van der Waals surface area (Å²) in [5.74, 6) is 0. The number of fused-ring (bicyclic) bond motifs is 1. The standard InChI is InChI=1S/C10H12ClN/c11-9-5-1-4-8-7(9)3-2-6-10(8)12/h1,4-5,10H,2-3,6,12H2. The van der Waals surface area contributed by atoms with Crippen LogP contribution in [0.5, 0.6) is 0 Å². The Morgan fingerprint density at radius 2 is 2.25 bits per heavy atom. The molecule has 0 saturated heterocycles. The third-order valence-corrected chi connectivity index (χ3v) is 2.85. The molecule has 0 aromatic heterocycles. The van der Waals surface area contributed by atoms with Crippen LogP contribution in [0.15, 0.2) is 18.2 Å². The van der Waals surface area contributed by atoms with Gasteiger partial charge in [0.05, 0.1) is 0 Å². The second kappa shape index (κ2) is 3.08. The third-order valence-electron chi connectivity index (χ3n) is 2.50. The Morgan fingerprint density at radius 3 is 3.00 bits per heavy atom. The Bertz CT molecular complexity index is 296. The first kappa shape index (κ1) is 8.09. The maximum Gasteiger partial charge on any atom is 0.0441 e. The summed E-state index contributed by atoms with van der Waals surface area (Å²) >= 11 is 6.05. The molecule has 0 aliphatic heterocycles. The molecule has 0 bridgehead atoms. The molecule has 2 rings (SSSR count). The number of halogens is 1. The fourth-order valence-corrected chi connectivity index (χ4v) is 2.12. The van der Waals surface area contributed by atoms with Crippen molar-refractivity contribution >= 4 is 11.6 Å². The van der Waals surface area contributed by atoms with Gasteiger partial charge in [-0.25, -0.2) is 0 Å². The maximum atomic E-state index is 6.05. The predicted molar refractivity (Wildman–Crippen MR) is 51.3 cm³/mol. The highest BCUT2D eigenvalue weighted by Crippen LogP contribution is 2.32. The summed E-state index contributed by atoms with van der Waals surface area (Å²) in [6.45, 7) is 0. The van der Waals surface area contributed by atoms with Gasteiger partial charge in [0, 0.05) is 11.1 Å². The molecule has 0 spiro atoms. The van der Waals surface area contributed by atoms with Crippen molar-refractivity contribution < 1.29 is 0 Å². The average Bonchev–Trinajstić information content (AvgIpc) is 2.07. The van der Waals surface area contributed by atoms with Gasteiger partial charge >= 0.3 is 0 Å². The van der Waals surface area contributed by atoms with Gasteiger partial charge in [-0.05, 0) is 36.5 Å². The maximum absolute atomic E-state index is 6.05. The van der Waals surface area contributed by atoms with Crippen molar-refractivity contribution in [2.24, 2.45) is 5.73 Å². The number of benzene rings is 1. The van der Waals surface area contributed by atoms with E-state index in [-0.39, 0.29) is 6.04 Å². The first-order valence-electron chi connectivity index (χ1n) is 4.32. The van der Waals surface area contributed by atoms with E-state index in [1.54, 1.807) is 0 Å². The van der Waals surface area contributed by atoms with E-state index in [4.69, 9.17) is 17.3 Å². The summed E-state index contributed by atoms with van der Waals surface area (Å²) in [4.78, 5) is 0. The van der Waals surface area contributed by atoms with Crippen LogP contribution in [-0.4, -0.2) is 0 Å². The van der Waals surface area contributed by atoms with Crippen LogP contribution in [0.1, 0.15) is 30.0 Å². The van der Waals surface area contributed by atoms with Crippen molar-refractivity contribution in [2.45, 2.75) is 25.3 Å². The lowest BCUT2D eigenvalue weighted by Crippen LogP contribution is -2.17. The summed E-state index contributed by atoms with van der Waals surface area (Å²) in [6, 6.07) is 6.21. The molecule has 1 aromatic rings. The monoisotopic (exact) mass is 181 g/mol. The van der Waals surface area contributed by atoms with Gasteiger partial charge in [-0.2, -0.15) is 0 Å². The SMILES string of the molecule is NC1CCCc2c(Cl)cccc21. The highest BCUT2D eigenvalue weighted by atomic mass is 35.5. The second-order valence-electron chi connectivity index (χ2n) is 3.31. The van der Waals surface area contributed by atoms with Crippen LogP contribution in [0, 0.1) is 0 Å². The molecule has 0 heterocycles. The van der Waals surface area contributed by atoms with E-state index < -0.39 is 0 Å². The highest BCUT2D eigenvalue weighted by molar-refractivity contribution is 6.31. The lowest BCUT2D eigenvalue weighted by Gasteiger charge is -2.22. The molecule has 1 aromatic carbocycles. The van der Waals surface area contributed by atoms with Gasteiger partial charge in [0.25, 0.3) is 0 Å². The van der Waals surface area contributed by atoms with E-state index in [2.05, 4.69) is 6.07 Å². The Labute approximate surface area is 77.5 Å². The van der Waals surface area contributed by atoms with Crippen molar-refractivity contribution in [1.82, 2.24) is 0 Å². The molecule has 2 heteroatoms. The molecule has 1 unspecified atom stereocenters. The number of nitrogens with two attached hydrogens (primary N) is 1. The van der Waals surface area contributed by atoms with Gasteiger partial charge in [-0.3, -0.25) is 0 Å². The molecular formula is C10H12ClN. The lowest BCUT2D eigenvalue weighted by atomic mass is 9.88. The van der Waals surface area contributed by atoms with Crippen LogP contribution in [-0.2, 0) is 6.42 Å². The fraction of sp³-hybridized carbons (Fsp3) is 0.400. The smallest absolute Gasteiger partial charge is 0.0441 e. The van der Waals surface area contributed by atoms with Crippen molar-refractivity contribution in [1.29, 1.82) is 0 Å². The van der Waals surface area contributed by atoms with E-state index in [0.717, 1.165) is 24.3 Å². The van der Waals surface area contributed by atoms with E-state index in [1.807, 2.05) is 12.1 Å². The van der Waals surface area contributed by atoms with Gasteiger partial charge in [0.2, 0.25) is 0 Å². The molecule has 1 aliphatic rings. The minimum atomic E-state index is 0.201. The molecule has 0 amide bonds. The van der Waals surface area contributed by atoms with Gasteiger partial charge in [0.1, 0.15) is 0 Å². The van der Waals surface area contributed by atoms with Gasteiger partial charge < -0.3 is 5.73 Å². The molecule has 0 saturated carbocycles. The van der Waals surface area contributed by atoms with Gasteiger partial charge in [-0.1, -0.05) is 23.7 Å². The zero-order valence-electron chi connectivity index (χ0n) is 6.89. The van der Waals surface area contributed by atoms with Crippen LogP contribution in [0.25, 0.3) is 0 Å². The van der Waals surface area contributed by atoms with Crippen LogP contribution in [0.2, 0.25) is 5.02 Å². The minimum Gasteiger partial charge on any atom is -0.324 e. The molecule has 0 fully saturated rings. The molecule has 1 nitrogen and oxygen atoms in total. The van der Waals surface area contributed by atoms with Crippen LogP contribution in [0.4, 0.5) is 0 Å².